The number of nitrogen functional groups attached to an aromatic ring is 1. The average molecular weight is 370 g/mol. The van der Waals surface area contributed by atoms with Gasteiger partial charge in [-0.3, -0.25) is 4.90 Å². The Bertz CT molecular complexity index is 1040. The number of hydrogen-bond donors (Lipinski definition) is 1. The van der Waals surface area contributed by atoms with Crippen LogP contribution in [0.25, 0.3) is 11.1 Å². The Morgan fingerprint density at radius 2 is 1.89 bits per heavy atom. The van der Waals surface area contributed by atoms with Crippen molar-refractivity contribution in [1.82, 2.24) is 9.88 Å². The fraction of sp³-hybridized carbons (Fsp3) is 0.217. The normalized spacial score (nSPS) is 13.6. The molecule has 0 saturated heterocycles. The third-order valence-corrected chi connectivity index (χ3v) is 5.20. The van der Waals surface area contributed by atoms with Gasteiger partial charge in [-0.05, 0) is 17.2 Å². The van der Waals surface area contributed by atoms with Crippen LogP contribution in [0.3, 0.4) is 0 Å². The van der Waals surface area contributed by atoms with Gasteiger partial charge in [0.25, 0.3) is 0 Å². The molecule has 0 bridgehead atoms. The van der Waals surface area contributed by atoms with Crippen molar-refractivity contribution in [2.75, 3.05) is 19.4 Å². The SMILES string of the molecule is COc1ccccc1-c1c(C#N)c(N)nc2c1CN(Cc1ccccc1)CC2. The molecule has 28 heavy (non-hydrogen) atoms. The topological polar surface area (TPSA) is 75.2 Å². The predicted octanol–water partition coefficient (Wildman–Crippen LogP) is 3.77. The number of ether oxygens (including phenoxy) is 1. The highest BCUT2D eigenvalue weighted by atomic mass is 16.5. The number of pyridine rings is 1. The summed E-state index contributed by atoms with van der Waals surface area (Å²) < 4.78 is 5.57. The minimum absolute atomic E-state index is 0.290. The van der Waals surface area contributed by atoms with Gasteiger partial charge in [0.05, 0.1) is 7.11 Å². The number of hydrogen-bond acceptors (Lipinski definition) is 5. The summed E-state index contributed by atoms with van der Waals surface area (Å²) in [6, 6.07) is 20.4. The first kappa shape index (κ1) is 18.0. The summed E-state index contributed by atoms with van der Waals surface area (Å²) in [5.74, 6) is 1.02. The summed E-state index contributed by atoms with van der Waals surface area (Å²) in [5, 5.41) is 9.80. The van der Waals surface area contributed by atoms with Crippen LogP contribution in [0, 0.1) is 11.3 Å². The van der Waals surface area contributed by atoms with Crippen LogP contribution in [0.2, 0.25) is 0 Å². The number of para-hydroxylation sites is 1. The highest BCUT2D eigenvalue weighted by Crippen LogP contribution is 2.39. The molecule has 0 radical (unpaired) electrons. The van der Waals surface area contributed by atoms with Gasteiger partial charge in [0.1, 0.15) is 23.2 Å². The molecule has 0 atom stereocenters. The lowest BCUT2D eigenvalue weighted by Crippen LogP contribution is -2.31. The number of rotatable bonds is 4. The lowest BCUT2D eigenvalue weighted by molar-refractivity contribution is 0.244. The molecule has 140 valence electrons. The zero-order valence-electron chi connectivity index (χ0n) is 15.9. The van der Waals surface area contributed by atoms with E-state index in [1.54, 1.807) is 7.11 Å². The molecule has 2 N–H and O–H groups in total. The first-order valence-corrected chi connectivity index (χ1v) is 9.32. The number of anilines is 1. The molecule has 2 aromatic carbocycles. The molecule has 1 aliphatic rings. The van der Waals surface area contributed by atoms with E-state index in [1.807, 2.05) is 30.3 Å². The molecular weight excluding hydrogens is 348 g/mol. The quantitative estimate of drug-likeness (QED) is 0.757. The molecule has 0 fully saturated rings. The van der Waals surface area contributed by atoms with E-state index in [2.05, 4.69) is 40.2 Å². The molecule has 0 spiro atoms. The number of benzene rings is 2. The van der Waals surface area contributed by atoms with Crippen molar-refractivity contribution in [1.29, 1.82) is 5.26 Å². The zero-order valence-corrected chi connectivity index (χ0v) is 15.9. The second-order valence-corrected chi connectivity index (χ2v) is 6.93. The molecular formula is C23H22N4O. The third kappa shape index (κ3) is 3.30. The van der Waals surface area contributed by atoms with Crippen LogP contribution < -0.4 is 10.5 Å². The van der Waals surface area contributed by atoms with Crippen LogP contribution in [0.4, 0.5) is 5.82 Å². The van der Waals surface area contributed by atoms with Crippen molar-refractivity contribution in [2.24, 2.45) is 0 Å². The second kappa shape index (κ2) is 7.71. The predicted molar refractivity (Wildman–Crippen MR) is 110 cm³/mol. The molecule has 0 aliphatic carbocycles. The molecule has 4 rings (SSSR count). The summed E-state index contributed by atoms with van der Waals surface area (Å²) in [6.07, 6.45) is 0.806. The fourth-order valence-corrected chi connectivity index (χ4v) is 3.87. The van der Waals surface area contributed by atoms with Crippen LogP contribution in [-0.4, -0.2) is 23.5 Å². The van der Waals surface area contributed by atoms with Gasteiger partial charge < -0.3 is 10.5 Å². The highest BCUT2D eigenvalue weighted by Gasteiger charge is 2.26. The molecule has 3 aromatic rings. The van der Waals surface area contributed by atoms with Gasteiger partial charge >= 0.3 is 0 Å². The van der Waals surface area contributed by atoms with Crippen molar-refractivity contribution >= 4 is 5.82 Å². The maximum Gasteiger partial charge on any atom is 0.142 e. The Kier molecular flexibility index (Phi) is 4.96. The van der Waals surface area contributed by atoms with Crippen LogP contribution in [0.5, 0.6) is 5.75 Å². The van der Waals surface area contributed by atoms with Crippen molar-refractivity contribution in [3.63, 3.8) is 0 Å². The van der Waals surface area contributed by atoms with Crippen molar-refractivity contribution in [2.45, 2.75) is 19.5 Å². The number of nitrogens with zero attached hydrogens (tertiary/aromatic N) is 3. The van der Waals surface area contributed by atoms with Gasteiger partial charge in [0.15, 0.2) is 0 Å². The highest BCUT2D eigenvalue weighted by molar-refractivity contribution is 5.82. The Labute approximate surface area is 165 Å². The van der Waals surface area contributed by atoms with Crippen molar-refractivity contribution < 1.29 is 4.74 Å². The summed E-state index contributed by atoms with van der Waals surface area (Å²) in [5.41, 5.74) is 11.6. The fourth-order valence-electron chi connectivity index (χ4n) is 3.87. The van der Waals surface area contributed by atoms with Crippen molar-refractivity contribution in [3.05, 3.63) is 77.0 Å². The van der Waals surface area contributed by atoms with E-state index in [9.17, 15) is 5.26 Å². The summed E-state index contributed by atoms with van der Waals surface area (Å²) >= 11 is 0. The van der Waals surface area contributed by atoms with Crippen molar-refractivity contribution in [3.8, 4) is 22.9 Å². The molecule has 0 amide bonds. The minimum Gasteiger partial charge on any atom is -0.496 e. The first-order chi connectivity index (χ1) is 13.7. The standard InChI is InChI=1S/C23H22N4O/c1-28-21-10-6-5-9-17(21)22-18(13-24)23(25)26-20-11-12-27(15-19(20)22)14-16-7-3-2-4-8-16/h2-10H,11-12,14-15H2,1H3,(H2,25,26). The smallest absolute Gasteiger partial charge is 0.142 e. The summed E-state index contributed by atoms with van der Waals surface area (Å²) in [7, 11) is 1.64. The van der Waals surface area contributed by atoms with E-state index in [0.29, 0.717) is 11.4 Å². The minimum atomic E-state index is 0.290. The number of nitriles is 1. The number of aromatic nitrogens is 1. The Hall–Kier alpha value is -3.36. The molecule has 5 nitrogen and oxygen atoms in total. The van der Waals surface area contributed by atoms with E-state index in [-0.39, 0.29) is 0 Å². The van der Waals surface area contributed by atoms with E-state index in [1.165, 1.54) is 5.56 Å². The number of methoxy groups -OCH3 is 1. The van der Waals surface area contributed by atoms with Crippen LogP contribution in [0.1, 0.15) is 22.4 Å². The number of nitrogens with two attached hydrogens (primary N) is 1. The maximum absolute atomic E-state index is 9.80. The average Bonchev–Trinajstić information content (AvgIpc) is 2.74. The van der Waals surface area contributed by atoms with Crippen LogP contribution in [0.15, 0.2) is 54.6 Å². The van der Waals surface area contributed by atoms with E-state index < -0.39 is 0 Å². The van der Waals surface area contributed by atoms with Gasteiger partial charge in [0, 0.05) is 42.9 Å². The van der Waals surface area contributed by atoms with E-state index in [0.717, 1.165) is 54.2 Å². The summed E-state index contributed by atoms with van der Waals surface area (Å²) in [4.78, 5) is 6.94. The van der Waals surface area contributed by atoms with E-state index in [4.69, 9.17) is 10.5 Å². The van der Waals surface area contributed by atoms with Gasteiger partial charge in [-0.2, -0.15) is 5.26 Å². The van der Waals surface area contributed by atoms with Crippen LogP contribution in [-0.2, 0) is 19.5 Å². The Balaban J connectivity index is 1.81. The molecule has 1 aliphatic heterocycles. The van der Waals surface area contributed by atoms with Crippen LogP contribution >= 0.6 is 0 Å². The zero-order chi connectivity index (χ0) is 19.5. The maximum atomic E-state index is 9.80. The second-order valence-electron chi connectivity index (χ2n) is 6.93. The molecule has 1 aromatic heterocycles. The van der Waals surface area contributed by atoms with Gasteiger partial charge in [-0.15, -0.1) is 0 Å². The lowest BCUT2D eigenvalue weighted by atomic mass is 9.90. The van der Waals surface area contributed by atoms with Gasteiger partial charge in [-0.1, -0.05) is 48.5 Å². The van der Waals surface area contributed by atoms with E-state index >= 15 is 0 Å². The first-order valence-electron chi connectivity index (χ1n) is 9.32. The Morgan fingerprint density at radius 3 is 2.64 bits per heavy atom. The monoisotopic (exact) mass is 370 g/mol. The lowest BCUT2D eigenvalue weighted by Gasteiger charge is -2.30. The molecule has 0 unspecified atom stereocenters. The summed E-state index contributed by atoms with van der Waals surface area (Å²) in [6.45, 7) is 2.49. The largest absolute Gasteiger partial charge is 0.496 e. The number of fused-ring (bicyclic) bond motifs is 1. The molecule has 2 heterocycles. The molecule has 0 saturated carbocycles. The van der Waals surface area contributed by atoms with Gasteiger partial charge in [-0.25, -0.2) is 4.98 Å². The van der Waals surface area contributed by atoms with Gasteiger partial charge in [0.2, 0.25) is 0 Å². The molecule has 5 heteroatoms. The Morgan fingerprint density at radius 1 is 1.14 bits per heavy atom. The third-order valence-electron chi connectivity index (χ3n) is 5.20.